The van der Waals surface area contributed by atoms with Gasteiger partial charge in [0.05, 0.1) is 11.4 Å². The monoisotopic (exact) mass is 256 g/mol. The van der Waals surface area contributed by atoms with E-state index >= 15 is 0 Å². The number of carboxylic acids is 1. The summed E-state index contributed by atoms with van der Waals surface area (Å²) in [6, 6.07) is 7.81. The average molecular weight is 256 g/mol. The summed E-state index contributed by atoms with van der Waals surface area (Å²) >= 11 is 0. The van der Waals surface area contributed by atoms with Gasteiger partial charge in [0.25, 0.3) is 0 Å². The highest BCUT2D eigenvalue weighted by Gasteiger charge is 2.45. The molecule has 1 fully saturated rings. The van der Waals surface area contributed by atoms with E-state index in [0.717, 1.165) is 29.3 Å². The van der Waals surface area contributed by atoms with Gasteiger partial charge in [0, 0.05) is 10.8 Å². The highest BCUT2D eigenvalue weighted by molar-refractivity contribution is 5.92. The minimum atomic E-state index is -0.847. The molecule has 1 aliphatic carbocycles. The number of aliphatic carboxylic acids is 1. The van der Waals surface area contributed by atoms with E-state index in [1.54, 1.807) is 0 Å². The van der Waals surface area contributed by atoms with Gasteiger partial charge in [-0.05, 0) is 19.8 Å². The number of hydrogen-bond donors (Lipinski definition) is 1. The Kier molecular flexibility index (Phi) is 2.73. The number of nitrogens with zero attached hydrogens (tertiary/aromatic N) is 2. The maximum Gasteiger partial charge on any atom is 0.315 e. The molecule has 0 spiro atoms. The van der Waals surface area contributed by atoms with Crippen LogP contribution in [-0.2, 0) is 10.2 Å². The van der Waals surface area contributed by atoms with Crippen molar-refractivity contribution < 1.29 is 9.90 Å². The fourth-order valence-corrected chi connectivity index (χ4v) is 3.12. The van der Waals surface area contributed by atoms with E-state index in [1.807, 2.05) is 31.2 Å². The van der Waals surface area contributed by atoms with Gasteiger partial charge >= 0.3 is 5.97 Å². The van der Waals surface area contributed by atoms with Gasteiger partial charge in [-0.15, -0.1) is 0 Å². The van der Waals surface area contributed by atoms with Gasteiger partial charge in [0.15, 0.2) is 0 Å². The van der Waals surface area contributed by atoms with Crippen LogP contribution in [0.3, 0.4) is 0 Å². The lowest BCUT2D eigenvalue weighted by molar-refractivity contribution is -0.143. The van der Waals surface area contributed by atoms with E-state index in [9.17, 15) is 9.90 Å². The summed E-state index contributed by atoms with van der Waals surface area (Å²) in [5.74, 6) is -0.770. The Balaban J connectivity index is 2.31. The van der Waals surface area contributed by atoms with E-state index in [4.69, 9.17) is 0 Å². The third-order valence-corrected chi connectivity index (χ3v) is 4.19. The van der Waals surface area contributed by atoms with Crippen LogP contribution in [0.2, 0.25) is 0 Å². The summed E-state index contributed by atoms with van der Waals surface area (Å²) in [6.07, 6.45) is 3.19. The molecule has 4 nitrogen and oxygen atoms in total. The lowest BCUT2D eigenvalue weighted by Gasteiger charge is -2.24. The van der Waals surface area contributed by atoms with Gasteiger partial charge in [-0.3, -0.25) is 4.79 Å². The van der Waals surface area contributed by atoms with Crippen LogP contribution in [0.25, 0.3) is 10.8 Å². The molecule has 0 atom stereocenters. The van der Waals surface area contributed by atoms with Crippen LogP contribution in [0, 0.1) is 6.92 Å². The average Bonchev–Trinajstić information content (AvgIpc) is 2.90. The van der Waals surface area contributed by atoms with Crippen molar-refractivity contribution in [3.05, 3.63) is 35.7 Å². The number of carboxylic acid groups (broad SMARTS) is 1. The first-order valence-corrected chi connectivity index (χ1v) is 6.61. The van der Waals surface area contributed by atoms with E-state index in [1.165, 1.54) is 0 Å². The number of benzene rings is 1. The molecule has 1 heterocycles. The largest absolute Gasteiger partial charge is 0.481 e. The number of carbonyl (C=O) groups is 1. The molecule has 19 heavy (non-hydrogen) atoms. The van der Waals surface area contributed by atoms with Crippen LogP contribution < -0.4 is 0 Å². The molecular weight excluding hydrogens is 240 g/mol. The molecule has 98 valence electrons. The zero-order valence-corrected chi connectivity index (χ0v) is 10.9. The standard InChI is InChI=1S/C15H16N2O2/c1-10-11-6-2-3-7-12(11)13(17-16-10)15(14(18)19)8-4-5-9-15/h2-3,6-7H,4-5,8-9H2,1H3,(H,18,19). The number of hydrogen-bond acceptors (Lipinski definition) is 3. The predicted octanol–water partition coefficient (Wildman–Crippen LogP) is 2.83. The maximum absolute atomic E-state index is 11.8. The molecule has 0 unspecified atom stereocenters. The highest BCUT2D eigenvalue weighted by atomic mass is 16.4. The van der Waals surface area contributed by atoms with Gasteiger partial charge in [-0.1, -0.05) is 37.1 Å². The van der Waals surface area contributed by atoms with E-state index in [0.29, 0.717) is 18.5 Å². The Labute approximate surface area is 111 Å². The summed E-state index contributed by atoms with van der Waals surface area (Å²) in [5, 5.41) is 20.0. The fraction of sp³-hybridized carbons (Fsp3) is 0.400. The van der Waals surface area contributed by atoms with E-state index in [2.05, 4.69) is 10.2 Å². The molecule has 1 N–H and O–H groups in total. The van der Waals surface area contributed by atoms with Crippen molar-refractivity contribution in [1.82, 2.24) is 10.2 Å². The summed E-state index contributed by atoms with van der Waals surface area (Å²) in [4.78, 5) is 11.8. The normalized spacial score (nSPS) is 17.7. The molecule has 1 aliphatic rings. The van der Waals surface area contributed by atoms with Crippen molar-refractivity contribution in [3.63, 3.8) is 0 Å². The van der Waals surface area contributed by atoms with Gasteiger partial charge in [-0.25, -0.2) is 0 Å². The number of fused-ring (bicyclic) bond motifs is 1. The zero-order chi connectivity index (χ0) is 13.5. The van der Waals surface area contributed by atoms with Crippen LogP contribution in [0.4, 0.5) is 0 Å². The second kappa shape index (κ2) is 4.30. The van der Waals surface area contributed by atoms with Crippen LogP contribution in [0.15, 0.2) is 24.3 Å². The summed E-state index contributed by atoms with van der Waals surface area (Å²) < 4.78 is 0. The Morgan fingerprint density at radius 3 is 2.42 bits per heavy atom. The first-order chi connectivity index (χ1) is 9.15. The van der Waals surface area contributed by atoms with Gasteiger partial charge < -0.3 is 5.11 Å². The Morgan fingerprint density at radius 1 is 1.16 bits per heavy atom. The topological polar surface area (TPSA) is 63.1 Å². The van der Waals surface area contributed by atoms with E-state index < -0.39 is 11.4 Å². The molecule has 0 amide bonds. The molecule has 1 aromatic carbocycles. The molecular formula is C15H16N2O2. The molecule has 2 aromatic rings. The molecule has 3 rings (SSSR count). The first kappa shape index (κ1) is 12.1. The van der Waals surface area contributed by atoms with Crippen molar-refractivity contribution in [2.24, 2.45) is 0 Å². The summed E-state index contributed by atoms with van der Waals surface area (Å²) in [6.45, 7) is 1.90. The molecule has 0 saturated heterocycles. The minimum Gasteiger partial charge on any atom is -0.481 e. The number of aromatic nitrogens is 2. The van der Waals surface area contributed by atoms with Crippen molar-refractivity contribution >= 4 is 16.7 Å². The van der Waals surface area contributed by atoms with Crippen molar-refractivity contribution in [2.45, 2.75) is 38.0 Å². The summed E-state index contributed by atoms with van der Waals surface area (Å²) in [5.41, 5.74) is 0.636. The molecule has 0 aliphatic heterocycles. The zero-order valence-electron chi connectivity index (χ0n) is 10.9. The Hall–Kier alpha value is -1.97. The van der Waals surface area contributed by atoms with Crippen LogP contribution >= 0.6 is 0 Å². The third kappa shape index (κ3) is 1.70. The molecule has 1 saturated carbocycles. The lowest BCUT2D eigenvalue weighted by Crippen LogP contribution is -2.34. The quantitative estimate of drug-likeness (QED) is 0.897. The second-order valence-corrected chi connectivity index (χ2v) is 5.27. The number of rotatable bonds is 2. The smallest absolute Gasteiger partial charge is 0.315 e. The van der Waals surface area contributed by atoms with Crippen molar-refractivity contribution in [3.8, 4) is 0 Å². The Bertz CT molecular complexity index is 646. The molecule has 4 heteroatoms. The fourth-order valence-electron chi connectivity index (χ4n) is 3.12. The van der Waals surface area contributed by atoms with Gasteiger partial charge in [0.2, 0.25) is 0 Å². The lowest BCUT2D eigenvalue weighted by atomic mass is 9.80. The maximum atomic E-state index is 11.8. The predicted molar refractivity (Wildman–Crippen MR) is 72.1 cm³/mol. The highest BCUT2D eigenvalue weighted by Crippen LogP contribution is 2.42. The van der Waals surface area contributed by atoms with Gasteiger partial charge in [-0.2, -0.15) is 10.2 Å². The van der Waals surface area contributed by atoms with Crippen LogP contribution in [0.1, 0.15) is 37.1 Å². The van der Waals surface area contributed by atoms with E-state index in [-0.39, 0.29) is 0 Å². The summed E-state index contributed by atoms with van der Waals surface area (Å²) in [7, 11) is 0. The van der Waals surface area contributed by atoms with Crippen LogP contribution in [-0.4, -0.2) is 21.3 Å². The molecule has 0 radical (unpaired) electrons. The third-order valence-electron chi connectivity index (χ3n) is 4.19. The molecule has 0 bridgehead atoms. The second-order valence-electron chi connectivity index (χ2n) is 5.27. The van der Waals surface area contributed by atoms with Crippen LogP contribution in [0.5, 0.6) is 0 Å². The Morgan fingerprint density at radius 2 is 1.79 bits per heavy atom. The SMILES string of the molecule is Cc1nnc(C2(C(=O)O)CCCC2)c2ccccc12. The van der Waals surface area contributed by atoms with Gasteiger partial charge in [0.1, 0.15) is 5.41 Å². The minimum absolute atomic E-state index is 0.638. The first-order valence-electron chi connectivity index (χ1n) is 6.61. The number of aryl methyl sites for hydroxylation is 1. The van der Waals surface area contributed by atoms with Crippen molar-refractivity contribution in [2.75, 3.05) is 0 Å². The van der Waals surface area contributed by atoms with Crippen molar-refractivity contribution in [1.29, 1.82) is 0 Å². The molecule has 1 aromatic heterocycles.